The van der Waals surface area contributed by atoms with E-state index in [0.29, 0.717) is 0 Å². The van der Waals surface area contributed by atoms with Crippen LogP contribution in [0.4, 0.5) is 0 Å². The van der Waals surface area contributed by atoms with Crippen molar-refractivity contribution in [1.29, 1.82) is 0 Å². The molecule has 120 valence electrons. The molecule has 0 heterocycles. The summed E-state index contributed by atoms with van der Waals surface area (Å²) in [7, 11) is 0. The minimum atomic E-state index is 1.33. The number of benzene rings is 5. The van der Waals surface area contributed by atoms with Crippen molar-refractivity contribution in [3.8, 4) is 0 Å². The Morgan fingerprint density at radius 3 is 1.20 bits per heavy atom. The van der Waals surface area contributed by atoms with Crippen molar-refractivity contribution in [2.45, 2.75) is 6.92 Å². The summed E-state index contributed by atoms with van der Waals surface area (Å²) in [5.74, 6) is 0. The summed E-state index contributed by atoms with van der Waals surface area (Å²) in [6, 6.07) is 26.4. The maximum atomic E-state index is 3.46. The second-order valence-electron chi connectivity index (χ2n) is 6.18. The third kappa shape index (κ3) is 2.47. The van der Waals surface area contributed by atoms with Gasteiger partial charge in [-0.3, -0.25) is 0 Å². The van der Waals surface area contributed by atoms with Crippen LogP contribution in [0.25, 0.3) is 43.1 Å². The van der Waals surface area contributed by atoms with Gasteiger partial charge in [0.15, 0.2) is 0 Å². The number of hydrogen-bond acceptors (Lipinski definition) is 0. The van der Waals surface area contributed by atoms with Crippen LogP contribution in [0.15, 0.2) is 97.6 Å². The van der Waals surface area contributed by atoms with E-state index in [9.17, 15) is 0 Å². The molecule has 0 atom stereocenters. The van der Waals surface area contributed by atoms with Crippen molar-refractivity contribution < 1.29 is 0 Å². The van der Waals surface area contributed by atoms with Crippen LogP contribution >= 0.6 is 0 Å². The van der Waals surface area contributed by atoms with E-state index in [0.717, 1.165) is 0 Å². The fraction of sp³-hybridized carbons (Fsp3) is 0.0400. The second-order valence-corrected chi connectivity index (χ2v) is 6.18. The fourth-order valence-electron chi connectivity index (χ4n) is 3.72. The lowest BCUT2D eigenvalue weighted by atomic mass is 9.90. The van der Waals surface area contributed by atoms with Gasteiger partial charge in [-0.25, -0.2) is 0 Å². The molecule has 0 amide bonds. The van der Waals surface area contributed by atoms with E-state index in [-0.39, 0.29) is 0 Å². The smallest absolute Gasteiger partial charge is 0.00264 e. The molecule has 0 aromatic heterocycles. The molecule has 0 N–H and O–H groups in total. The van der Waals surface area contributed by atoms with Gasteiger partial charge in [-0.1, -0.05) is 97.6 Å². The molecule has 0 saturated heterocycles. The van der Waals surface area contributed by atoms with Crippen molar-refractivity contribution in [2.24, 2.45) is 0 Å². The second kappa shape index (κ2) is 6.41. The maximum absolute atomic E-state index is 3.46. The number of fused-ring (bicyclic) bond motifs is 2. The van der Waals surface area contributed by atoms with E-state index in [1.54, 1.807) is 6.08 Å². The predicted molar refractivity (Wildman–Crippen MR) is 113 cm³/mol. The summed E-state index contributed by atoms with van der Waals surface area (Å²) < 4.78 is 0. The first-order chi connectivity index (χ1) is 12.3. The van der Waals surface area contributed by atoms with Crippen molar-refractivity contribution >= 4 is 43.1 Å². The Hall–Kier alpha value is -3.12. The Kier molecular flexibility index (Phi) is 3.95. The zero-order valence-corrected chi connectivity index (χ0v) is 14.4. The Morgan fingerprint density at radius 1 is 0.600 bits per heavy atom. The minimum absolute atomic E-state index is 1.33. The summed E-state index contributed by atoms with van der Waals surface area (Å²) >= 11 is 0. The summed E-state index contributed by atoms with van der Waals surface area (Å²) in [5.41, 5.74) is 0. The van der Waals surface area contributed by atoms with Gasteiger partial charge in [0.1, 0.15) is 0 Å². The number of rotatable bonds is 1. The Morgan fingerprint density at radius 2 is 0.960 bits per heavy atom. The largest absolute Gasteiger partial charge is 0.0991 e. The zero-order valence-electron chi connectivity index (χ0n) is 14.4. The summed E-state index contributed by atoms with van der Waals surface area (Å²) in [6.07, 6.45) is 5.58. The highest BCUT2D eigenvalue weighted by atomic mass is 14.1. The molecular weight excluding hydrogens is 300 g/mol. The molecule has 0 fully saturated rings. The van der Waals surface area contributed by atoms with Crippen molar-refractivity contribution in [2.75, 3.05) is 0 Å². The molecular formula is C25H20. The standard InChI is InChI=1S/C20H12.C5H8/c1-5-13-6-2-11-17-18-12-4-8-14-7-3-10-16(20(14)18)15(9-1)19(13)17;1-3-5-4-2/h1-12H;3-5H,1H2,2H3. The molecule has 5 aromatic rings. The normalized spacial score (nSPS) is 11.4. The van der Waals surface area contributed by atoms with Gasteiger partial charge in [0.25, 0.3) is 0 Å². The van der Waals surface area contributed by atoms with Gasteiger partial charge in [-0.15, -0.1) is 0 Å². The lowest BCUT2D eigenvalue weighted by Gasteiger charge is -2.13. The quantitative estimate of drug-likeness (QED) is 0.170. The first kappa shape index (κ1) is 15.4. The van der Waals surface area contributed by atoms with Crippen LogP contribution in [0.5, 0.6) is 0 Å². The zero-order chi connectivity index (χ0) is 17.2. The van der Waals surface area contributed by atoms with Gasteiger partial charge in [0.2, 0.25) is 0 Å². The number of allylic oxidation sites excluding steroid dienone is 3. The van der Waals surface area contributed by atoms with Gasteiger partial charge >= 0.3 is 0 Å². The van der Waals surface area contributed by atoms with Gasteiger partial charge in [-0.05, 0) is 50.0 Å². The molecule has 0 radical (unpaired) electrons. The molecule has 0 aliphatic heterocycles. The van der Waals surface area contributed by atoms with Crippen molar-refractivity contribution in [1.82, 2.24) is 0 Å². The summed E-state index contributed by atoms with van der Waals surface area (Å²) in [5, 5.41) is 10.9. The van der Waals surface area contributed by atoms with Crippen molar-refractivity contribution in [3.63, 3.8) is 0 Å². The molecule has 0 bridgehead atoms. The van der Waals surface area contributed by atoms with Crippen LogP contribution in [0, 0.1) is 0 Å². The average molecular weight is 320 g/mol. The van der Waals surface area contributed by atoms with Crippen LogP contribution < -0.4 is 0 Å². The lowest BCUT2D eigenvalue weighted by molar-refractivity contribution is 1.74. The molecule has 0 nitrogen and oxygen atoms in total. The van der Waals surface area contributed by atoms with Gasteiger partial charge in [-0.2, -0.15) is 0 Å². The molecule has 0 heteroatoms. The van der Waals surface area contributed by atoms with Gasteiger partial charge < -0.3 is 0 Å². The Labute approximate surface area is 148 Å². The van der Waals surface area contributed by atoms with Gasteiger partial charge in [0, 0.05) is 0 Å². The van der Waals surface area contributed by atoms with Crippen LogP contribution in [0.2, 0.25) is 0 Å². The van der Waals surface area contributed by atoms with Crippen molar-refractivity contribution in [3.05, 3.63) is 97.6 Å². The molecule has 5 aromatic carbocycles. The van der Waals surface area contributed by atoms with Crippen LogP contribution in [-0.2, 0) is 0 Å². The lowest BCUT2D eigenvalue weighted by Crippen LogP contribution is -1.85. The fourth-order valence-corrected chi connectivity index (χ4v) is 3.72. The molecule has 0 saturated carbocycles. The Balaban J connectivity index is 0.000000280. The van der Waals surface area contributed by atoms with E-state index >= 15 is 0 Å². The first-order valence-corrected chi connectivity index (χ1v) is 8.63. The predicted octanol–water partition coefficient (Wildman–Crippen LogP) is 7.49. The van der Waals surface area contributed by atoms with E-state index < -0.39 is 0 Å². The molecule has 5 rings (SSSR count). The highest BCUT2D eigenvalue weighted by molar-refractivity contribution is 6.32. The van der Waals surface area contributed by atoms with E-state index in [1.807, 2.05) is 19.1 Å². The average Bonchev–Trinajstić information content (AvgIpc) is 2.67. The van der Waals surface area contributed by atoms with E-state index in [4.69, 9.17) is 0 Å². The molecule has 0 unspecified atom stereocenters. The molecule has 25 heavy (non-hydrogen) atoms. The molecule has 0 spiro atoms. The van der Waals surface area contributed by atoms with Gasteiger partial charge in [0.05, 0.1) is 0 Å². The van der Waals surface area contributed by atoms with Crippen LogP contribution in [0.3, 0.4) is 0 Å². The third-order valence-electron chi connectivity index (χ3n) is 4.72. The topological polar surface area (TPSA) is 0 Å². The third-order valence-corrected chi connectivity index (χ3v) is 4.72. The van der Waals surface area contributed by atoms with E-state index in [1.165, 1.54) is 43.1 Å². The van der Waals surface area contributed by atoms with E-state index in [2.05, 4.69) is 79.4 Å². The monoisotopic (exact) mass is 320 g/mol. The highest BCUT2D eigenvalue weighted by Gasteiger charge is 2.11. The Bertz CT molecular complexity index is 1040. The first-order valence-electron chi connectivity index (χ1n) is 8.63. The summed E-state index contributed by atoms with van der Waals surface area (Å²) in [4.78, 5) is 0. The van der Waals surface area contributed by atoms with Crippen LogP contribution in [-0.4, -0.2) is 0 Å². The SMILES string of the molecule is C=CC=CC.c1cc2cccc3c4cccc5cccc(c(c1)c23)c54. The minimum Gasteiger partial charge on any atom is -0.0991 e. The summed E-state index contributed by atoms with van der Waals surface area (Å²) in [6.45, 7) is 5.42. The maximum Gasteiger partial charge on any atom is -0.00264 e. The highest BCUT2D eigenvalue weighted by Crippen LogP contribution is 2.39. The van der Waals surface area contributed by atoms with Crippen LogP contribution in [0.1, 0.15) is 6.92 Å². The molecule has 0 aliphatic rings. The number of hydrogen-bond donors (Lipinski definition) is 0. The molecule has 0 aliphatic carbocycles.